The van der Waals surface area contributed by atoms with Gasteiger partial charge in [-0.3, -0.25) is 14.5 Å². The molecule has 0 unspecified atom stereocenters. The Labute approximate surface area is 210 Å². The lowest BCUT2D eigenvalue weighted by molar-refractivity contribution is -0.140. The molecular weight excluding hydrogens is 468 g/mol. The molecule has 1 N–H and O–H groups in total. The molecule has 4 rings (SSSR count). The van der Waals surface area contributed by atoms with Gasteiger partial charge in [-0.2, -0.15) is 0 Å². The predicted molar refractivity (Wildman–Crippen MR) is 135 cm³/mol. The molecule has 1 atom stereocenters. The van der Waals surface area contributed by atoms with Crippen molar-refractivity contribution in [1.29, 1.82) is 0 Å². The van der Waals surface area contributed by atoms with Gasteiger partial charge in [0.2, 0.25) is 0 Å². The van der Waals surface area contributed by atoms with Gasteiger partial charge in [0.25, 0.3) is 11.7 Å². The summed E-state index contributed by atoms with van der Waals surface area (Å²) in [6, 6.07) is 13.3. The molecule has 1 amide bonds. The highest BCUT2D eigenvalue weighted by Gasteiger charge is 2.45. The van der Waals surface area contributed by atoms with Crippen LogP contribution in [0.25, 0.3) is 5.76 Å². The third kappa shape index (κ3) is 5.86. The molecule has 0 saturated carbocycles. The maximum atomic E-state index is 13.2. The van der Waals surface area contributed by atoms with Gasteiger partial charge < -0.3 is 19.5 Å². The fraction of sp³-hybridized carbons (Fsp3) is 0.407. The molecule has 0 aliphatic carbocycles. The molecule has 2 fully saturated rings. The summed E-state index contributed by atoms with van der Waals surface area (Å²) in [4.78, 5) is 30.1. The van der Waals surface area contributed by atoms with Crippen LogP contribution in [-0.4, -0.2) is 72.6 Å². The van der Waals surface area contributed by atoms with E-state index in [1.165, 1.54) is 0 Å². The van der Waals surface area contributed by atoms with E-state index in [1.807, 2.05) is 13.0 Å². The first kappa shape index (κ1) is 25.2. The van der Waals surface area contributed by atoms with Crippen molar-refractivity contribution in [2.75, 3.05) is 46.0 Å². The molecule has 186 valence electrons. The SMILES string of the molecule is CCCOc1ccc(C(O)=C2C(=O)C(=O)N(CCCN3CCOCC3)[C@H]2c2cccc(Cl)c2)cc1. The summed E-state index contributed by atoms with van der Waals surface area (Å²) < 4.78 is 11.0. The van der Waals surface area contributed by atoms with Crippen molar-refractivity contribution in [1.82, 2.24) is 9.80 Å². The average molecular weight is 499 g/mol. The normalized spacial score (nSPS) is 20.4. The summed E-state index contributed by atoms with van der Waals surface area (Å²) in [6.07, 6.45) is 1.59. The van der Waals surface area contributed by atoms with Crippen molar-refractivity contribution in [2.24, 2.45) is 0 Å². The number of nitrogens with zero attached hydrogens (tertiary/aromatic N) is 2. The summed E-state index contributed by atoms with van der Waals surface area (Å²) >= 11 is 6.25. The summed E-state index contributed by atoms with van der Waals surface area (Å²) in [5, 5.41) is 11.7. The fourth-order valence-electron chi connectivity index (χ4n) is 4.51. The second-order valence-electron chi connectivity index (χ2n) is 8.73. The molecule has 2 saturated heterocycles. The van der Waals surface area contributed by atoms with Crippen LogP contribution >= 0.6 is 11.6 Å². The highest BCUT2D eigenvalue weighted by Crippen LogP contribution is 2.40. The summed E-state index contributed by atoms with van der Waals surface area (Å²) in [5.74, 6) is -0.823. The number of aliphatic hydroxyl groups is 1. The van der Waals surface area contributed by atoms with E-state index in [2.05, 4.69) is 4.90 Å². The third-order valence-corrected chi connectivity index (χ3v) is 6.52. The van der Waals surface area contributed by atoms with Gasteiger partial charge in [-0.25, -0.2) is 0 Å². The van der Waals surface area contributed by atoms with Crippen molar-refractivity contribution in [2.45, 2.75) is 25.8 Å². The van der Waals surface area contributed by atoms with Gasteiger partial charge >= 0.3 is 0 Å². The zero-order valence-corrected chi connectivity index (χ0v) is 20.7. The van der Waals surface area contributed by atoms with E-state index in [1.54, 1.807) is 47.4 Å². The minimum absolute atomic E-state index is 0.0749. The zero-order chi connectivity index (χ0) is 24.8. The van der Waals surface area contributed by atoms with Gasteiger partial charge in [-0.1, -0.05) is 30.7 Å². The highest BCUT2D eigenvalue weighted by molar-refractivity contribution is 6.46. The Morgan fingerprint density at radius 3 is 2.54 bits per heavy atom. The Balaban J connectivity index is 1.63. The van der Waals surface area contributed by atoms with Crippen molar-refractivity contribution < 1.29 is 24.2 Å². The summed E-state index contributed by atoms with van der Waals surface area (Å²) in [5.41, 5.74) is 1.21. The highest BCUT2D eigenvalue weighted by atomic mass is 35.5. The van der Waals surface area contributed by atoms with E-state index in [9.17, 15) is 14.7 Å². The molecule has 2 heterocycles. The number of aliphatic hydroxyl groups excluding tert-OH is 1. The Kier molecular flexibility index (Phi) is 8.44. The van der Waals surface area contributed by atoms with Crippen LogP contribution in [0, 0.1) is 0 Å². The topological polar surface area (TPSA) is 79.3 Å². The Morgan fingerprint density at radius 2 is 1.86 bits per heavy atom. The van der Waals surface area contributed by atoms with Crippen LogP contribution in [0.1, 0.15) is 36.9 Å². The number of amides is 1. The minimum atomic E-state index is -0.714. The quantitative estimate of drug-likeness (QED) is 0.316. The molecule has 8 heteroatoms. The monoisotopic (exact) mass is 498 g/mol. The van der Waals surface area contributed by atoms with E-state index in [0.717, 1.165) is 26.1 Å². The maximum Gasteiger partial charge on any atom is 0.295 e. The standard InChI is InChI=1S/C27H31ClN2O5/c1-2-15-35-22-9-7-19(8-10-22)25(31)23-24(20-5-3-6-21(28)18-20)30(27(33)26(23)32)12-4-11-29-13-16-34-17-14-29/h3,5-10,18,24,31H,2,4,11-17H2,1H3/t24-/m0/s1. The van der Waals surface area contributed by atoms with E-state index in [0.29, 0.717) is 54.7 Å². The van der Waals surface area contributed by atoms with Crippen LogP contribution in [-0.2, 0) is 14.3 Å². The number of Topliss-reactive ketones (excluding diaryl/α,β-unsaturated/α-hetero) is 1. The van der Waals surface area contributed by atoms with E-state index < -0.39 is 17.7 Å². The number of likely N-dealkylation sites (tertiary alicyclic amines) is 1. The van der Waals surface area contributed by atoms with Crippen LogP contribution in [0.5, 0.6) is 5.75 Å². The smallest absolute Gasteiger partial charge is 0.295 e. The zero-order valence-electron chi connectivity index (χ0n) is 19.9. The average Bonchev–Trinajstić information content (AvgIpc) is 3.13. The second kappa shape index (κ2) is 11.7. The second-order valence-corrected chi connectivity index (χ2v) is 9.16. The van der Waals surface area contributed by atoms with Gasteiger partial charge in [-0.15, -0.1) is 0 Å². The van der Waals surface area contributed by atoms with E-state index in [4.69, 9.17) is 21.1 Å². The number of ether oxygens (including phenoxy) is 2. The summed E-state index contributed by atoms with van der Waals surface area (Å²) in [6.45, 7) is 6.92. The summed E-state index contributed by atoms with van der Waals surface area (Å²) in [7, 11) is 0. The predicted octanol–water partition coefficient (Wildman–Crippen LogP) is 4.27. The van der Waals surface area contributed by atoms with Gasteiger partial charge in [-0.05, 0) is 54.8 Å². The Bertz CT molecular complexity index is 1080. The van der Waals surface area contributed by atoms with Crippen LogP contribution in [0.2, 0.25) is 5.02 Å². The van der Waals surface area contributed by atoms with E-state index in [-0.39, 0.29) is 11.3 Å². The third-order valence-electron chi connectivity index (χ3n) is 6.28. The van der Waals surface area contributed by atoms with E-state index >= 15 is 0 Å². The van der Waals surface area contributed by atoms with Crippen molar-refractivity contribution in [3.8, 4) is 5.75 Å². The van der Waals surface area contributed by atoms with Crippen LogP contribution in [0.3, 0.4) is 0 Å². The molecule has 0 radical (unpaired) electrons. The molecule has 35 heavy (non-hydrogen) atoms. The molecule has 7 nitrogen and oxygen atoms in total. The van der Waals surface area contributed by atoms with Crippen LogP contribution in [0.4, 0.5) is 0 Å². The molecule has 0 bridgehead atoms. The molecule has 0 aromatic heterocycles. The number of benzene rings is 2. The minimum Gasteiger partial charge on any atom is -0.507 e. The number of rotatable bonds is 9. The molecule has 2 aliphatic heterocycles. The van der Waals surface area contributed by atoms with Crippen molar-refractivity contribution in [3.63, 3.8) is 0 Å². The number of carbonyl (C=O) groups is 2. The number of morpholine rings is 1. The van der Waals surface area contributed by atoms with Gasteiger partial charge in [0.05, 0.1) is 31.4 Å². The molecule has 2 aromatic carbocycles. The molecule has 2 aliphatic rings. The lowest BCUT2D eigenvalue weighted by atomic mass is 9.95. The van der Waals surface area contributed by atoms with Crippen LogP contribution < -0.4 is 4.74 Å². The Morgan fingerprint density at radius 1 is 1.11 bits per heavy atom. The number of carbonyl (C=O) groups excluding carboxylic acids is 2. The fourth-order valence-corrected chi connectivity index (χ4v) is 4.71. The first-order chi connectivity index (χ1) is 17.0. The number of hydrogen-bond acceptors (Lipinski definition) is 6. The van der Waals surface area contributed by atoms with Crippen molar-refractivity contribution >= 4 is 29.1 Å². The lowest BCUT2D eigenvalue weighted by Crippen LogP contribution is -2.38. The molecule has 0 spiro atoms. The number of hydrogen-bond donors (Lipinski definition) is 1. The molecule has 2 aromatic rings. The number of halogens is 1. The van der Waals surface area contributed by atoms with Gasteiger partial charge in [0, 0.05) is 36.8 Å². The first-order valence-electron chi connectivity index (χ1n) is 12.1. The van der Waals surface area contributed by atoms with Gasteiger partial charge in [0.15, 0.2) is 0 Å². The maximum absolute atomic E-state index is 13.2. The van der Waals surface area contributed by atoms with Crippen LogP contribution in [0.15, 0.2) is 54.1 Å². The van der Waals surface area contributed by atoms with Gasteiger partial charge in [0.1, 0.15) is 11.5 Å². The molecular formula is C27H31ClN2O5. The number of ketones is 1. The largest absolute Gasteiger partial charge is 0.507 e. The van der Waals surface area contributed by atoms with Crippen molar-refractivity contribution in [3.05, 3.63) is 70.3 Å². The lowest BCUT2D eigenvalue weighted by Gasteiger charge is -2.29. The Hall–Kier alpha value is -2.87. The first-order valence-corrected chi connectivity index (χ1v) is 12.4.